The number of nitrogens with one attached hydrogen (secondary N) is 1. The number of rotatable bonds is 5. The standard InChI is InChI=1S/C13H21N3O2/c1-14-13-8-15-10(7-16-13)9-18-12-5-3-4-11(6-12)17-2/h7-8,11-12H,3-6,9H2,1-2H3,(H,14,16). The van der Waals surface area contributed by atoms with Gasteiger partial charge in [-0.2, -0.15) is 0 Å². The first kappa shape index (κ1) is 13.2. The Morgan fingerprint density at radius 2 is 2.11 bits per heavy atom. The highest BCUT2D eigenvalue weighted by Gasteiger charge is 2.22. The van der Waals surface area contributed by atoms with Crippen LogP contribution in [-0.4, -0.2) is 36.3 Å². The van der Waals surface area contributed by atoms with Crippen LogP contribution in [0.1, 0.15) is 31.4 Å². The molecule has 100 valence electrons. The van der Waals surface area contributed by atoms with Crippen LogP contribution in [0.4, 0.5) is 5.82 Å². The van der Waals surface area contributed by atoms with Gasteiger partial charge in [0.05, 0.1) is 36.9 Å². The first-order chi connectivity index (χ1) is 8.81. The van der Waals surface area contributed by atoms with Crippen molar-refractivity contribution in [2.45, 2.75) is 44.5 Å². The molecule has 2 rings (SSSR count). The molecule has 0 aliphatic heterocycles. The summed E-state index contributed by atoms with van der Waals surface area (Å²) in [4.78, 5) is 8.51. The molecule has 0 spiro atoms. The van der Waals surface area contributed by atoms with Crippen LogP contribution in [0.2, 0.25) is 0 Å². The Kier molecular flexibility index (Phi) is 4.90. The van der Waals surface area contributed by atoms with Gasteiger partial charge in [0.2, 0.25) is 0 Å². The van der Waals surface area contributed by atoms with Gasteiger partial charge < -0.3 is 14.8 Å². The number of hydrogen-bond acceptors (Lipinski definition) is 5. The Hall–Kier alpha value is -1.20. The van der Waals surface area contributed by atoms with E-state index in [1.807, 2.05) is 7.05 Å². The quantitative estimate of drug-likeness (QED) is 0.867. The monoisotopic (exact) mass is 251 g/mol. The van der Waals surface area contributed by atoms with Gasteiger partial charge >= 0.3 is 0 Å². The summed E-state index contributed by atoms with van der Waals surface area (Å²) in [6.07, 6.45) is 8.53. The van der Waals surface area contributed by atoms with Gasteiger partial charge in [0, 0.05) is 14.2 Å². The van der Waals surface area contributed by atoms with Crippen LogP contribution < -0.4 is 5.32 Å². The molecule has 0 saturated heterocycles. The number of ether oxygens (including phenoxy) is 2. The second-order valence-electron chi connectivity index (χ2n) is 4.60. The molecule has 2 unspecified atom stereocenters. The number of anilines is 1. The molecule has 0 radical (unpaired) electrons. The van der Waals surface area contributed by atoms with Gasteiger partial charge in [-0.05, 0) is 25.7 Å². The molecule has 1 aliphatic carbocycles. The Morgan fingerprint density at radius 3 is 2.78 bits per heavy atom. The molecule has 5 nitrogen and oxygen atoms in total. The van der Waals surface area contributed by atoms with Crippen LogP contribution in [0.5, 0.6) is 0 Å². The smallest absolute Gasteiger partial charge is 0.144 e. The first-order valence-electron chi connectivity index (χ1n) is 6.45. The van der Waals surface area contributed by atoms with Crippen molar-refractivity contribution in [2.24, 2.45) is 0 Å². The second-order valence-corrected chi connectivity index (χ2v) is 4.60. The molecule has 1 saturated carbocycles. The highest BCUT2D eigenvalue weighted by molar-refractivity contribution is 5.29. The highest BCUT2D eigenvalue weighted by atomic mass is 16.5. The molecular weight excluding hydrogens is 230 g/mol. The van der Waals surface area contributed by atoms with E-state index in [4.69, 9.17) is 9.47 Å². The van der Waals surface area contributed by atoms with Crippen LogP contribution in [-0.2, 0) is 16.1 Å². The van der Waals surface area contributed by atoms with E-state index in [0.717, 1.165) is 30.8 Å². The van der Waals surface area contributed by atoms with E-state index in [2.05, 4.69) is 15.3 Å². The van der Waals surface area contributed by atoms with Gasteiger partial charge in [0.15, 0.2) is 0 Å². The van der Waals surface area contributed by atoms with Crippen molar-refractivity contribution < 1.29 is 9.47 Å². The Balaban J connectivity index is 1.79. The fourth-order valence-electron chi connectivity index (χ4n) is 2.23. The summed E-state index contributed by atoms with van der Waals surface area (Å²) in [5.74, 6) is 0.774. The molecule has 0 amide bonds. The molecule has 1 aromatic heterocycles. The minimum absolute atomic E-state index is 0.287. The Morgan fingerprint density at radius 1 is 1.28 bits per heavy atom. The Bertz CT molecular complexity index is 356. The maximum atomic E-state index is 5.87. The highest BCUT2D eigenvalue weighted by Crippen LogP contribution is 2.23. The lowest BCUT2D eigenvalue weighted by molar-refractivity contribution is -0.0372. The zero-order chi connectivity index (χ0) is 12.8. The van der Waals surface area contributed by atoms with Gasteiger partial charge in [0.25, 0.3) is 0 Å². The fourth-order valence-corrected chi connectivity index (χ4v) is 2.23. The van der Waals surface area contributed by atoms with Gasteiger partial charge in [-0.3, -0.25) is 4.98 Å². The van der Waals surface area contributed by atoms with E-state index < -0.39 is 0 Å². The SMILES string of the molecule is CNc1cnc(COC2CCCC(OC)C2)cn1. The predicted molar refractivity (Wildman–Crippen MR) is 69.4 cm³/mol. The van der Waals surface area contributed by atoms with Crippen LogP contribution in [0.25, 0.3) is 0 Å². The van der Waals surface area contributed by atoms with E-state index in [1.165, 1.54) is 6.42 Å². The maximum absolute atomic E-state index is 5.87. The third kappa shape index (κ3) is 3.65. The van der Waals surface area contributed by atoms with Gasteiger partial charge in [-0.15, -0.1) is 0 Å². The van der Waals surface area contributed by atoms with Crippen molar-refractivity contribution in [3.8, 4) is 0 Å². The van der Waals surface area contributed by atoms with Crippen molar-refractivity contribution in [2.75, 3.05) is 19.5 Å². The molecule has 1 aromatic rings. The molecule has 18 heavy (non-hydrogen) atoms. The Labute approximate surface area is 108 Å². The summed E-state index contributed by atoms with van der Waals surface area (Å²) in [5.41, 5.74) is 0.869. The van der Waals surface area contributed by atoms with E-state index in [0.29, 0.717) is 12.7 Å². The molecule has 2 atom stereocenters. The summed E-state index contributed by atoms with van der Waals surface area (Å²) in [6, 6.07) is 0. The number of hydrogen-bond donors (Lipinski definition) is 1. The number of nitrogens with zero attached hydrogens (tertiary/aromatic N) is 2. The lowest BCUT2D eigenvalue weighted by Gasteiger charge is -2.28. The topological polar surface area (TPSA) is 56.3 Å². The minimum atomic E-state index is 0.287. The second kappa shape index (κ2) is 6.66. The van der Waals surface area contributed by atoms with Gasteiger partial charge in [-0.25, -0.2) is 4.98 Å². The van der Waals surface area contributed by atoms with Crippen molar-refractivity contribution in [1.29, 1.82) is 0 Å². The fraction of sp³-hybridized carbons (Fsp3) is 0.692. The van der Waals surface area contributed by atoms with Crippen LogP contribution >= 0.6 is 0 Å². The first-order valence-corrected chi connectivity index (χ1v) is 6.45. The van der Waals surface area contributed by atoms with Crippen LogP contribution in [0.15, 0.2) is 12.4 Å². The van der Waals surface area contributed by atoms with Crippen molar-refractivity contribution in [3.05, 3.63) is 18.1 Å². The lowest BCUT2D eigenvalue weighted by Crippen LogP contribution is -2.27. The third-order valence-electron chi connectivity index (χ3n) is 3.34. The van der Waals surface area contributed by atoms with Gasteiger partial charge in [0.1, 0.15) is 5.82 Å². The molecule has 0 aromatic carbocycles. The van der Waals surface area contributed by atoms with E-state index in [9.17, 15) is 0 Å². The minimum Gasteiger partial charge on any atom is -0.381 e. The third-order valence-corrected chi connectivity index (χ3v) is 3.34. The van der Waals surface area contributed by atoms with Crippen molar-refractivity contribution >= 4 is 5.82 Å². The predicted octanol–water partition coefficient (Wildman–Crippen LogP) is 1.99. The summed E-state index contributed by atoms with van der Waals surface area (Å²) >= 11 is 0. The molecule has 0 bridgehead atoms. The number of aromatic nitrogens is 2. The zero-order valence-corrected chi connectivity index (χ0v) is 11.1. The largest absolute Gasteiger partial charge is 0.381 e. The van der Waals surface area contributed by atoms with Crippen molar-refractivity contribution in [1.82, 2.24) is 9.97 Å². The average molecular weight is 251 g/mol. The normalized spacial score (nSPS) is 23.9. The molecule has 1 N–H and O–H groups in total. The van der Waals surface area contributed by atoms with Crippen LogP contribution in [0, 0.1) is 0 Å². The lowest BCUT2D eigenvalue weighted by atomic mass is 9.95. The molecule has 5 heteroatoms. The molecule has 1 fully saturated rings. The molecule has 1 aliphatic rings. The molecule has 1 heterocycles. The zero-order valence-electron chi connectivity index (χ0n) is 11.1. The van der Waals surface area contributed by atoms with Crippen LogP contribution in [0.3, 0.4) is 0 Å². The van der Waals surface area contributed by atoms with E-state index >= 15 is 0 Å². The van der Waals surface area contributed by atoms with Gasteiger partial charge in [-0.1, -0.05) is 0 Å². The summed E-state index contributed by atoms with van der Waals surface area (Å²) < 4.78 is 11.3. The number of methoxy groups -OCH3 is 1. The summed E-state index contributed by atoms with van der Waals surface area (Å²) in [5, 5.41) is 2.94. The van der Waals surface area contributed by atoms with E-state index in [1.54, 1.807) is 19.5 Å². The average Bonchev–Trinajstić information content (AvgIpc) is 2.46. The maximum Gasteiger partial charge on any atom is 0.144 e. The molecular formula is C13H21N3O2. The van der Waals surface area contributed by atoms with E-state index in [-0.39, 0.29) is 6.10 Å². The van der Waals surface area contributed by atoms with Crippen molar-refractivity contribution in [3.63, 3.8) is 0 Å². The summed E-state index contributed by atoms with van der Waals surface area (Å²) in [7, 11) is 3.60. The summed E-state index contributed by atoms with van der Waals surface area (Å²) in [6.45, 7) is 0.526.